The molecular formula is C20H22Cl2F3NO5. The van der Waals surface area contributed by atoms with E-state index in [1.54, 1.807) is 6.92 Å². The van der Waals surface area contributed by atoms with Gasteiger partial charge in [-0.05, 0) is 38.3 Å². The zero-order valence-corrected chi connectivity index (χ0v) is 18.7. The molecule has 2 aliphatic heterocycles. The lowest BCUT2D eigenvalue weighted by Crippen LogP contribution is -2.40. The summed E-state index contributed by atoms with van der Waals surface area (Å²) in [6, 6.07) is 1.29. The van der Waals surface area contributed by atoms with Gasteiger partial charge in [-0.1, -0.05) is 37.0 Å². The molecule has 0 aromatic heterocycles. The average molecular weight is 484 g/mol. The van der Waals surface area contributed by atoms with E-state index in [-0.39, 0.29) is 33.5 Å². The molecule has 1 aromatic carbocycles. The first-order valence-corrected chi connectivity index (χ1v) is 10.5. The van der Waals surface area contributed by atoms with Crippen molar-refractivity contribution < 1.29 is 37.0 Å². The molecule has 3 rings (SSSR count). The van der Waals surface area contributed by atoms with Crippen LogP contribution in [0.2, 0.25) is 10.0 Å². The number of amides is 1. The van der Waals surface area contributed by atoms with Gasteiger partial charge in [-0.25, -0.2) is 4.79 Å². The zero-order valence-electron chi connectivity index (χ0n) is 17.1. The number of alkyl halides is 3. The van der Waals surface area contributed by atoms with E-state index >= 15 is 0 Å². The highest BCUT2D eigenvalue weighted by molar-refractivity contribution is 6.41. The molecule has 31 heavy (non-hydrogen) atoms. The van der Waals surface area contributed by atoms with Crippen molar-refractivity contribution in [3.8, 4) is 5.75 Å². The van der Waals surface area contributed by atoms with Gasteiger partial charge in [0.25, 0.3) is 5.91 Å². The van der Waals surface area contributed by atoms with E-state index in [4.69, 9.17) is 32.7 Å². The molecule has 0 bridgehead atoms. The molecule has 2 aliphatic rings. The van der Waals surface area contributed by atoms with Crippen molar-refractivity contribution in [1.29, 1.82) is 0 Å². The largest absolute Gasteiger partial charge is 0.573 e. The molecular weight excluding hydrogens is 462 g/mol. The summed E-state index contributed by atoms with van der Waals surface area (Å²) in [5.74, 6) is -1.07. The van der Waals surface area contributed by atoms with Crippen molar-refractivity contribution in [1.82, 2.24) is 4.90 Å². The van der Waals surface area contributed by atoms with Gasteiger partial charge in [0.2, 0.25) is 0 Å². The topological polar surface area (TPSA) is 65.1 Å². The molecule has 1 aromatic rings. The summed E-state index contributed by atoms with van der Waals surface area (Å²) < 4.78 is 51.4. The number of benzene rings is 1. The van der Waals surface area contributed by atoms with Gasteiger partial charge in [0.05, 0.1) is 28.3 Å². The normalized spacial score (nSPS) is 18.3. The smallest absolute Gasteiger partial charge is 0.434 e. The fourth-order valence-electron chi connectivity index (χ4n) is 3.43. The molecule has 0 radical (unpaired) electrons. The number of piperidine rings is 1. The molecule has 0 spiro atoms. The average Bonchev–Trinajstić information content (AvgIpc) is 2.94. The van der Waals surface area contributed by atoms with Gasteiger partial charge < -0.3 is 19.1 Å². The van der Waals surface area contributed by atoms with Crippen LogP contribution in [0.1, 0.15) is 45.6 Å². The maximum atomic E-state index is 13.0. The minimum atomic E-state index is -4.94. The molecule has 1 unspecified atom stereocenters. The van der Waals surface area contributed by atoms with Gasteiger partial charge in [-0.2, -0.15) is 0 Å². The Morgan fingerprint density at radius 1 is 1.19 bits per heavy atom. The molecule has 1 amide bonds. The second kappa shape index (κ2) is 10.5. The monoisotopic (exact) mass is 483 g/mol. The number of rotatable bonds is 4. The molecule has 0 aliphatic carbocycles. The second-order valence-electron chi connectivity index (χ2n) is 6.34. The summed E-state index contributed by atoms with van der Waals surface area (Å²) in [5, 5.41) is -0.491. The van der Waals surface area contributed by atoms with Crippen molar-refractivity contribution in [2.75, 3.05) is 13.2 Å². The quantitative estimate of drug-likeness (QED) is 0.477. The van der Waals surface area contributed by atoms with Gasteiger partial charge in [-0.15, -0.1) is 13.2 Å². The Hall–Kier alpha value is -2.13. The first kappa shape index (κ1) is 25.1. The fourth-order valence-corrected chi connectivity index (χ4v) is 4.09. The summed E-state index contributed by atoms with van der Waals surface area (Å²) in [6.07, 6.45) is -3.81. The van der Waals surface area contributed by atoms with Crippen molar-refractivity contribution in [2.24, 2.45) is 0 Å². The lowest BCUT2D eigenvalue weighted by atomic mass is 10.0. The van der Waals surface area contributed by atoms with Gasteiger partial charge in [0.1, 0.15) is 11.5 Å². The van der Waals surface area contributed by atoms with Gasteiger partial charge in [0, 0.05) is 12.1 Å². The molecule has 1 fully saturated rings. The number of ether oxygens (including phenoxy) is 3. The Morgan fingerprint density at radius 3 is 2.35 bits per heavy atom. The fraction of sp³-hybridized carbons (Fsp3) is 0.500. The van der Waals surface area contributed by atoms with E-state index in [1.165, 1.54) is 4.90 Å². The molecule has 1 atom stereocenters. The number of carbonyl (C=O) groups excluding carboxylic acids is 2. The maximum absolute atomic E-state index is 13.0. The molecule has 11 heteroatoms. The van der Waals surface area contributed by atoms with Crippen LogP contribution in [0.5, 0.6) is 5.75 Å². The minimum Gasteiger partial charge on any atom is -0.434 e. The van der Waals surface area contributed by atoms with E-state index in [1.807, 2.05) is 13.8 Å². The molecule has 0 saturated carbocycles. The molecule has 0 N–H and O–H groups in total. The summed E-state index contributed by atoms with van der Waals surface area (Å²) >= 11 is 12.3. The Balaban J connectivity index is 0.00000166. The number of carbonyl (C=O) groups is 2. The van der Waals surface area contributed by atoms with E-state index in [2.05, 4.69) is 4.74 Å². The van der Waals surface area contributed by atoms with Crippen LogP contribution in [0.4, 0.5) is 18.0 Å². The van der Waals surface area contributed by atoms with Gasteiger partial charge >= 0.3 is 12.5 Å². The minimum absolute atomic E-state index is 0.0263. The number of fused-ring (bicyclic) bond motifs is 1. The Morgan fingerprint density at radius 2 is 1.81 bits per heavy atom. The highest BCUT2D eigenvalue weighted by Gasteiger charge is 2.45. The van der Waals surface area contributed by atoms with Crippen molar-refractivity contribution >= 4 is 40.8 Å². The summed E-state index contributed by atoms with van der Waals surface area (Å²) in [7, 11) is 0. The zero-order chi connectivity index (χ0) is 23.3. The molecule has 172 valence electrons. The van der Waals surface area contributed by atoms with Crippen molar-refractivity contribution in [3.05, 3.63) is 33.5 Å². The van der Waals surface area contributed by atoms with Crippen LogP contribution in [-0.2, 0) is 14.3 Å². The van der Waals surface area contributed by atoms with Crippen molar-refractivity contribution in [3.63, 3.8) is 0 Å². The molecule has 6 nitrogen and oxygen atoms in total. The van der Waals surface area contributed by atoms with Crippen molar-refractivity contribution in [2.45, 2.75) is 52.4 Å². The van der Waals surface area contributed by atoms with Crippen LogP contribution in [-0.4, -0.2) is 42.5 Å². The summed E-state index contributed by atoms with van der Waals surface area (Å²) in [5.41, 5.74) is -0.0972. The number of hydrogen-bond donors (Lipinski definition) is 0. The van der Waals surface area contributed by atoms with Crippen LogP contribution in [0.15, 0.2) is 17.9 Å². The highest BCUT2D eigenvalue weighted by atomic mass is 35.5. The maximum Gasteiger partial charge on any atom is 0.573 e. The van der Waals surface area contributed by atoms with Crippen LogP contribution >= 0.6 is 23.2 Å². The first-order chi connectivity index (χ1) is 14.6. The highest BCUT2D eigenvalue weighted by Crippen LogP contribution is 2.44. The third kappa shape index (κ3) is 5.77. The Labute approximate surface area is 187 Å². The number of hydrogen-bond acceptors (Lipinski definition) is 5. The van der Waals surface area contributed by atoms with Gasteiger partial charge in [0.15, 0.2) is 0 Å². The summed E-state index contributed by atoms with van der Waals surface area (Å²) in [6.45, 7) is 6.10. The van der Waals surface area contributed by atoms with E-state index < -0.39 is 30.2 Å². The van der Waals surface area contributed by atoms with Crippen LogP contribution in [0.25, 0.3) is 5.57 Å². The SMILES string of the molecule is CC.CCOC(=O)OC1=C(c2c(Cl)cc(OC(F)(F)F)cc2Cl)C(=O)N2CCCCC12. The third-order valence-electron chi connectivity index (χ3n) is 4.48. The van der Waals surface area contributed by atoms with E-state index in [0.717, 1.165) is 25.0 Å². The van der Waals surface area contributed by atoms with E-state index in [9.17, 15) is 22.8 Å². The lowest BCUT2D eigenvalue weighted by Gasteiger charge is -2.30. The van der Waals surface area contributed by atoms with Crippen LogP contribution < -0.4 is 4.74 Å². The van der Waals surface area contributed by atoms with E-state index in [0.29, 0.717) is 13.0 Å². The second-order valence-corrected chi connectivity index (χ2v) is 7.16. The van der Waals surface area contributed by atoms with Crippen LogP contribution in [0.3, 0.4) is 0 Å². The third-order valence-corrected chi connectivity index (χ3v) is 5.08. The molecule has 2 heterocycles. The number of nitrogens with zero attached hydrogens (tertiary/aromatic N) is 1. The summed E-state index contributed by atoms with van der Waals surface area (Å²) in [4.78, 5) is 26.5. The predicted octanol–water partition coefficient (Wildman–Crippen LogP) is 6.20. The predicted molar refractivity (Wildman–Crippen MR) is 109 cm³/mol. The Bertz CT molecular complexity index is 850. The Kier molecular flexibility index (Phi) is 8.48. The van der Waals surface area contributed by atoms with Crippen LogP contribution in [0, 0.1) is 0 Å². The standard InChI is InChI=1S/C18H16Cl2F3NO5.C2H6/c1-2-27-17(26)28-15-12-5-3-4-6-24(12)16(25)14(15)13-10(19)7-9(8-11(13)20)29-18(21,22)23;1-2/h7-8,12H,2-6H2,1H3;1-2H3. The lowest BCUT2D eigenvalue weighted by molar-refractivity contribution is -0.274. The first-order valence-electron chi connectivity index (χ1n) is 9.77. The van der Waals surface area contributed by atoms with Gasteiger partial charge in [-0.3, -0.25) is 4.79 Å². The molecule has 1 saturated heterocycles. The number of halogens is 5.